The van der Waals surface area contributed by atoms with Crippen molar-refractivity contribution < 1.29 is 8.83 Å². The highest BCUT2D eigenvalue weighted by Crippen LogP contribution is 2.51. The van der Waals surface area contributed by atoms with Crippen LogP contribution in [0.25, 0.3) is 99.5 Å². The Morgan fingerprint density at radius 3 is 1.15 bits per heavy atom. The number of anilines is 3. The predicted molar refractivity (Wildman–Crippen MR) is 275 cm³/mol. The number of furan rings is 2. The fourth-order valence-electron chi connectivity index (χ4n) is 10.4. The molecule has 3 heteroatoms. The Bertz CT molecular complexity index is 3610. The van der Waals surface area contributed by atoms with Crippen LogP contribution in [-0.4, -0.2) is 0 Å². The molecule has 2 heterocycles. The molecule has 13 rings (SSSR count). The molecule has 0 bridgehead atoms. The molecule has 0 amide bonds. The van der Waals surface area contributed by atoms with Gasteiger partial charge in [-0.15, -0.1) is 0 Å². The van der Waals surface area contributed by atoms with Crippen molar-refractivity contribution in [1.29, 1.82) is 0 Å². The summed E-state index contributed by atoms with van der Waals surface area (Å²) in [5.74, 6) is 0. The maximum Gasteiger partial charge on any atom is 0.135 e. The number of nitrogens with zero attached hydrogens (tertiary/aromatic N) is 1. The molecule has 0 aliphatic heterocycles. The molecule has 0 fully saturated rings. The van der Waals surface area contributed by atoms with Crippen LogP contribution in [0.4, 0.5) is 17.1 Å². The highest BCUT2D eigenvalue weighted by atomic mass is 16.3. The summed E-state index contributed by atoms with van der Waals surface area (Å²) in [5, 5.41) is 4.57. The monoisotopic (exact) mass is 845 g/mol. The van der Waals surface area contributed by atoms with E-state index in [-0.39, 0.29) is 5.41 Å². The molecule has 12 aromatic rings. The lowest BCUT2D eigenvalue weighted by molar-refractivity contribution is 0.660. The summed E-state index contributed by atoms with van der Waals surface area (Å²) in [5.41, 5.74) is 21.6. The maximum atomic E-state index is 6.10. The van der Waals surface area contributed by atoms with E-state index in [1.807, 2.05) is 24.3 Å². The van der Waals surface area contributed by atoms with Gasteiger partial charge in [0.2, 0.25) is 0 Å². The molecule has 0 unspecified atom stereocenters. The Labute approximate surface area is 383 Å². The second-order valence-electron chi connectivity index (χ2n) is 18.1. The maximum absolute atomic E-state index is 6.10. The van der Waals surface area contributed by atoms with E-state index in [4.69, 9.17) is 8.83 Å². The molecule has 3 nitrogen and oxygen atoms in total. The summed E-state index contributed by atoms with van der Waals surface area (Å²) in [6.45, 7) is 4.70. The van der Waals surface area contributed by atoms with Gasteiger partial charge in [-0.25, -0.2) is 0 Å². The third-order valence-corrected chi connectivity index (χ3v) is 13.9. The van der Waals surface area contributed by atoms with Crippen LogP contribution >= 0.6 is 0 Å². The second-order valence-corrected chi connectivity index (χ2v) is 18.1. The third kappa shape index (κ3) is 6.19. The summed E-state index contributed by atoms with van der Waals surface area (Å²) in [6.07, 6.45) is 0. The first-order valence-electron chi connectivity index (χ1n) is 22.7. The first-order valence-corrected chi connectivity index (χ1v) is 22.7. The van der Waals surface area contributed by atoms with Gasteiger partial charge in [0.15, 0.2) is 0 Å². The molecule has 0 radical (unpaired) electrons. The fourth-order valence-corrected chi connectivity index (χ4v) is 10.4. The topological polar surface area (TPSA) is 29.5 Å². The van der Waals surface area contributed by atoms with E-state index in [9.17, 15) is 0 Å². The van der Waals surface area contributed by atoms with Crippen molar-refractivity contribution in [3.8, 4) is 55.6 Å². The molecular formula is C63H43NO2. The van der Waals surface area contributed by atoms with Crippen LogP contribution in [0.3, 0.4) is 0 Å². The smallest absolute Gasteiger partial charge is 0.135 e. The van der Waals surface area contributed by atoms with Crippen molar-refractivity contribution in [3.05, 3.63) is 236 Å². The average molecular weight is 846 g/mol. The summed E-state index contributed by atoms with van der Waals surface area (Å²) >= 11 is 0. The Hall–Kier alpha value is -8.40. The van der Waals surface area contributed by atoms with Gasteiger partial charge in [-0.05, 0) is 140 Å². The van der Waals surface area contributed by atoms with Gasteiger partial charge in [0.1, 0.15) is 22.3 Å². The normalized spacial score (nSPS) is 12.8. The Morgan fingerprint density at radius 1 is 0.288 bits per heavy atom. The predicted octanol–water partition coefficient (Wildman–Crippen LogP) is 17.9. The van der Waals surface area contributed by atoms with Gasteiger partial charge in [-0.3, -0.25) is 0 Å². The molecule has 10 aromatic carbocycles. The summed E-state index contributed by atoms with van der Waals surface area (Å²) < 4.78 is 12.2. The molecule has 312 valence electrons. The Balaban J connectivity index is 0.821. The van der Waals surface area contributed by atoms with Crippen molar-refractivity contribution >= 4 is 60.9 Å². The van der Waals surface area contributed by atoms with Gasteiger partial charge in [0, 0.05) is 44.0 Å². The van der Waals surface area contributed by atoms with Gasteiger partial charge in [0.05, 0.1) is 0 Å². The van der Waals surface area contributed by atoms with Gasteiger partial charge in [0.25, 0.3) is 0 Å². The summed E-state index contributed by atoms with van der Waals surface area (Å²) in [6, 6.07) is 81.1. The summed E-state index contributed by atoms with van der Waals surface area (Å²) in [7, 11) is 0. The average Bonchev–Trinajstić information content (AvgIpc) is 4.01. The first-order chi connectivity index (χ1) is 32.4. The van der Waals surface area contributed by atoms with E-state index in [2.05, 4.69) is 219 Å². The molecule has 0 N–H and O–H groups in total. The number of rotatable bonds is 7. The van der Waals surface area contributed by atoms with Crippen LogP contribution in [0.15, 0.2) is 233 Å². The minimum atomic E-state index is -0.115. The SMILES string of the molecule is CC1(C)c2ccccc2-c2ccc(N(c3ccc(-c4ccc(-c5ccc6oc7ccccc7c6c5)cc4)cc3)c3ccc(-c4ccc(-c5ccc6oc7ccccc7c6c5)cc4)cc3)cc21. The number of benzene rings is 10. The lowest BCUT2D eigenvalue weighted by Crippen LogP contribution is -2.16. The number of hydrogen-bond donors (Lipinski definition) is 0. The molecule has 0 atom stereocenters. The molecule has 1 aliphatic rings. The largest absolute Gasteiger partial charge is 0.456 e. The lowest BCUT2D eigenvalue weighted by atomic mass is 9.82. The quantitative estimate of drug-likeness (QED) is 0.160. The molecule has 2 aromatic heterocycles. The third-order valence-electron chi connectivity index (χ3n) is 13.9. The van der Waals surface area contributed by atoms with Crippen molar-refractivity contribution in [2.45, 2.75) is 19.3 Å². The number of para-hydroxylation sites is 2. The molecule has 0 spiro atoms. The fraction of sp³-hybridized carbons (Fsp3) is 0.0476. The van der Waals surface area contributed by atoms with Gasteiger partial charge < -0.3 is 13.7 Å². The zero-order valence-corrected chi connectivity index (χ0v) is 36.6. The van der Waals surface area contributed by atoms with Crippen molar-refractivity contribution in [2.75, 3.05) is 4.90 Å². The Morgan fingerprint density at radius 2 is 0.652 bits per heavy atom. The molecule has 0 saturated heterocycles. The summed E-state index contributed by atoms with van der Waals surface area (Å²) in [4.78, 5) is 2.39. The van der Waals surface area contributed by atoms with E-state index in [0.29, 0.717) is 0 Å². The van der Waals surface area contributed by atoms with Gasteiger partial charge >= 0.3 is 0 Å². The highest BCUT2D eigenvalue weighted by Gasteiger charge is 2.35. The van der Waals surface area contributed by atoms with Crippen molar-refractivity contribution in [3.63, 3.8) is 0 Å². The molecule has 66 heavy (non-hydrogen) atoms. The van der Waals surface area contributed by atoms with Crippen LogP contribution < -0.4 is 4.90 Å². The van der Waals surface area contributed by atoms with E-state index in [0.717, 1.165) is 60.9 Å². The van der Waals surface area contributed by atoms with E-state index in [1.54, 1.807) is 0 Å². The van der Waals surface area contributed by atoms with Crippen LogP contribution in [0.2, 0.25) is 0 Å². The van der Waals surface area contributed by atoms with Gasteiger partial charge in [-0.2, -0.15) is 0 Å². The second kappa shape index (κ2) is 14.8. The number of fused-ring (bicyclic) bond motifs is 9. The standard InChI is InChI=1S/C63H43NO2/c1-63(2)57-12-6-3-9-51(57)52-34-33-50(39-58(52)63)64(48-29-23-42(24-30-48)40-15-19-44(20-16-40)46-27-35-61-55(37-46)53-10-4-7-13-59(53)65-61)49-31-25-43(26-32-49)41-17-21-45(22-18-41)47-28-36-62-56(38-47)54-11-5-8-14-60(54)66-62/h3-39H,1-2H3. The van der Waals surface area contributed by atoms with E-state index in [1.165, 1.54) is 66.8 Å². The molecule has 1 aliphatic carbocycles. The Kier molecular flexibility index (Phi) is 8.56. The van der Waals surface area contributed by atoms with Crippen molar-refractivity contribution in [1.82, 2.24) is 0 Å². The lowest BCUT2D eigenvalue weighted by Gasteiger charge is -2.28. The first kappa shape index (κ1) is 38.1. The minimum Gasteiger partial charge on any atom is -0.456 e. The van der Waals surface area contributed by atoms with E-state index >= 15 is 0 Å². The van der Waals surface area contributed by atoms with Crippen LogP contribution in [-0.2, 0) is 5.41 Å². The molecule has 0 saturated carbocycles. The zero-order valence-electron chi connectivity index (χ0n) is 36.6. The van der Waals surface area contributed by atoms with Crippen LogP contribution in [0.1, 0.15) is 25.0 Å². The zero-order chi connectivity index (χ0) is 43.9. The van der Waals surface area contributed by atoms with Crippen LogP contribution in [0, 0.1) is 0 Å². The number of hydrogen-bond acceptors (Lipinski definition) is 3. The highest BCUT2D eigenvalue weighted by molar-refractivity contribution is 6.07. The van der Waals surface area contributed by atoms with Crippen LogP contribution in [0.5, 0.6) is 0 Å². The molecular weight excluding hydrogens is 803 g/mol. The van der Waals surface area contributed by atoms with Gasteiger partial charge in [-0.1, -0.05) is 166 Å². The van der Waals surface area contributed by atoms with E-state index < -0.39 is 0 Å². The minimum absolute atomic E-state index is 0.115. The van der Waals surface area contributed by atoms with Crippen molar-refractivity contribution in [2.24, 2.45) is 0 Å².